The van der Waals surface area contributed by atoms with E-state index in [1.54, 1.807) is 18.2 Å². The first-order chi connectivity index (χ1) is 6.81. The zero-order chi connectivity index (χ0) is 9.97. The SMILES string of the molecule is Cl.NC[C@H](O)c1ccc2c(c1)OCCO2. The molecule has 0 amide bonds. The molecule has 0 radical (unpaired) electrons. The second-order valence-electron chi connectivity index (χ2n) is 3.15. The Kier molecular flexibility index (Phi) is 4.20. The van der Waals surface area contributed by atoms with Crippen molar-refractivity contribution in [2.24, 2.45) is 5.73 Å². The number of nitrogens with two attached hydrogens (primary N) is 1. The van der Waals surface area contributed by atoms with Gasteiger partial charge in [-0.3, -0.25) is 0 Å². The molecule has 0 saturated carbocycles. The summed E-state index contributed by atoms with van der Waals surface area (Å²) in [5, 5.41) is 9.51. The summed E-state index contributed by atoms with van der Waals surface area (Å²) in [4.78, 5) is 0. The first kappa shape index (κ1) is 12.1. The number of hydrogen-bond donors (Lipinski definition) is 2. The Labute approximate surface area is 94.4 Å². The van der Waals surface area contributed by atoms with Crippen LogP contribution in [0.1, 0.15) is 11.7 Å². The summed E-state index contributed by atoms with van der Waals surface area (Å²) in [5.41, 5.74) is 6.12. The lowest BCUT2D eigenvalue weighted by Crippen LogP contribution is -2.16. The molecule has 2 rings (SSSR count). The van der Waals surface area contributed by atoms with Crippen LogP contribution in [0.15, 0.2) is 18.2 Å². The van der Waals surface area contributed by atoms with E-state index in [2.05, 4.69) is 0 Å². The summed E-state index contributed by atoms with van der Waals surface area (Å²) in [6.45, 7) is 1.33. The maximum Gasteiger partial charge on any atom is 0.161 e. The van der Waals surface area contributed by atoms with Crippen LogP contribution in [-0.4, -0.2) is 24.9 Å². The Hall–Kier alpha value is -0.970. The highest BCUT2D eigenvalue weighted by molar-refractivity contribution is 5.85. The third-order valence-electron chi connectivity index (χ3n) is 2.17. The van der Waals surface area contributed by atoms with Crippen molar-refractivity contribution in [3.8, 4) is 11.5 Å². The van der Waals surface area contributed by atoms with Gasteiger partial charge in [-0.15, -0.1) is 12.4 Å². The van der Waals surface area contributed by atoms with E-state index in [0.717, 1.165) is 11.3 Å². The van der Waals surface area contributed by atoms with Crippen molar-refractivity contribution in [1.82, 2.24) is 0 Å². The molecule has 0 spiro atoms. The number of rotatable bonds is 2. The number of hydrogen-bond acceptors (Lipinski definition) is 4. The molecule has 1 aromatic rings. The lowest BCUT2D eigenvalue weighted by Gasteiger charge is -2.19. The Balaban J connectivity index is 0.00000112. The van der Waals surface area contributed by atoms with E-state index in [1.807, 2.05) is 0 Å². The van der Waals surface area contributed by atoms with Gasteiger partial charge in [-0.1, -0.05) is 6.07 Å². The van der Waals surface area contributed by atoms with Crippen LogP contribution in [0, 0.1) is 0 Å². The first-order valence-corrected chi connectivity index (χ1v) is 4.59. The molecule has 0 fully saturated rings. The molecule has 0 saturated heterocycles. The maximum absolute atomic E-state index is 9.51. The highest BCUT2D eigenvalue weighted by Gasteiger charge is 2.14. The molecule has 3 N–H and O–H groups in total. The number of aliphatic hydroxyl groups excluding tert-OH is 1. The van der Waals surface area contributed by atoms with E-state index < -0.39 is 6.10 Å². The van der Waals surface area contributed by atoms with Gasteiger partial charge in [0.2, 0.25) is 0 Å². The van der Waals surface area contributed by atoms with Crippen LogP contribution < -0.4 is 15.2 Å². The molecule has 1 atom stereocenters. The molecule has 84 valence electrons. The zero-order valence-corrected chi connectivity index (χ0v) is 9.00. The van der Waals surface area contributed by atoms with Crippen LogP contribution in [0.5, 0.6) is 11.5 Å². The van der Waals surface area contributed by atoms with Crippen LogP contribution in [0.2, 0.25) is 0 Å². The summed E-state index contributed by atoms with van der Waals surface area (Å²) in [7, 11) is 0. The number of benzene rings is 1. The number of fused-ring (bicyclic) bond motifs is 1. The van der Waals surface area contributed by atoms with Crippen molar-refractivity contribution >= 4 is 12.4 Å². The molecule has 1 aliphatic rings. The van der Waals surface area contributed by atoms with Crippen LogP contribution in [-0.2, 0) is 0 Å². The predicted molar refractivity (Wildman–Crippen MR) is 58.7 cm³/mol. The maximum atomic E-state index is 9.51. The summed E-state index contributed by atoms with van der Waals surface area (Å²) < 4.78 is 10.7. The number of ether oxygens (including phenoxy) is 2. The lowest BCUT2D eigenvalue weighted by molar-refractivity contribution is 0.166. The lowest BCUT2D eigenvalue weighted by atomic mass is 10.1. The van der Waals surface area contributed by atoms with E-state index in [0.29, 0.717) is 19.0 Å². The Morgan fingerprint density at radius 3 is 2.60 bits per heavy atom. The number of aliphatic hydroxyl groups is 1. The van der Waals surface area contributed by atoms with E-state index in [-0.39, 0.29) is 19.0 Å². The Morgan fingerprint density at radius 2 is 1.93 bits per heavy atom. The number of halogens is 1. The Morgan fingerprint density at radius 1 is 1.27 bits per heavy atom. The van der Waals surface area contributed by atoms with Gasteiger partial charge in [-0.25, -0.2) is 0 Å². The molecule has 1 aliphatic heterocycles. The third kappa shape index (κ3) is 2.53. The van der Waals surface area contributed by atoms with Gasteiger partial charge < -0.3 is 20.3 Å². The quantitative estimate of drug-likeness (QED) is 0.793. The Bertz CT molecular complexity index is 332. The van der Waals surface area contributed by atoms with Crippen molar-refractivity contribution in [3.63, 3.8) is 0 Å². The van der Waals surface area contributed by atoms with Crippen molar-refractivity contribution in [3.05, 3.63) is 23.8 Å². The molecule has 1 heterocycles. The van der Waals surface area contributed by atoms with E-state index >= 15 is 0 Å². The highest BCUT2D eigenvalue weighted by Crippen LogP contribution is 2.32. The van der Waals surface area contributed by atoms with Crippen molar-refractivity contribution in [2.75, 3.05) is 19.8 Å². The minimum Gasteiger partial charge on any atom is -0.486 e. The zero-order valence-electron chi connectivity index (χ0n) is 8.18. The molecule has 0 aliphatic carbocycles. The van der Waals surface area contributed by atoms with Gasteiger partial charge in [-0.05, 0) is 17.7 Å². The predicted octanol–water partition coefficient (Wildman–Crippen LogP) is 0.872. The van der Waals surface area contributed by atoms with Gasteiger partial charge in [0.05, 0.1) is 6.10 Å². The van der Waals surface area contributed by atoms with E-state index in [9.17, 15) is 5.11 Å². The molecule has 15 heavy (non-hydrogen) atoms. The molecule has 1 aromatic carbocycles. The molecular weight excluding hydrogens is 218 g/mol. The third-order valence-corrected chi connectivity index (χ3v) is 2.17. The van der Waals surface area contributed by atoms with Crippen LogP contribution in [0.3, 0.4) is 0 Å². The fourth-order valence-electron chi connectivity index (χ4n) is 1.40. The normalized spacial score (nSPS) is 15.3. The van der Waals surface area contributed by atoms with E-state index in [1.165, 1.54) is 0 Å². The van der Waals surface area contributed by atoms with Crippen LogP contribution >= 0.6 is 12.4 Å². The van der Waals surface area contributed by atoms with E-state index in [4.69, 9.17) is 15.2 Å². The minimum absolute atomic E-state index is 0. The minimum atomic E-state index is -0.633. The van der Waals surface area contributed by atoms with Crippen molar-refractivity contribution in [1.29, 1.82) is 0 Å². The van der Waals surface area contributed by atoms with Crippen LogP contribution in [0.25, 0.3) is 0 Å². The summed E-state index contributed by atoms with van der Waals surface area (Å²) in [6.07, 6.45) is -0.633. The summed E-state index contributed by atoms with van der Waals surface area (Å²) >= 11 is 0. The van der Waals surface area contributed by atoms with Crippen molar-refractivity contribution in [2.45, 2.75) is 6.10 Å². The topological polar surface area (TPSA) is 64.7 Å². The van der Waals surface area contributed by atoms with Gasteiger partial charge in [0.15, 0.2) is 11.5 Å². The van der Waals surface area contributed by atoms with Gasteiger partial charge in [0.25, 0.3) is 0 Å². The van der Waals surface area contributed by atoms with Gasteiger partial charge in [-0.2, -0.15) is 0 Å². The second-order valence-corrected chi connectivity index (χ2v) is 3.15. The second kappa shape index (κ2) is 5.21. The first-order valence-electron chi connectivity index (χ1n) is 4.59. The molecular formula is C10H14ClNO3. The average molecular weight is 232 g/mol. The standard InChI is InChI=1S/C10H13NO3.ClH/c11-6-8(12)7-1-2-9-10(5-7)14-4-3-13-9;/h1-2,5,8,12H,3-4,6,11H2;1H/t8-;/m0./s1. The van der Waals surface area contributed by atoms with Crippen molar-refractivity contribution < 1.29 is 14.6 Å². The van der Waals surface area contributed by atoms with Crippen LogP contribution in [0.4, 0.5) is 0 Å². The molecule has 0 bridgehead atoms. The molecule has 5 heteroatoms. The average Bonchev–Trinajstić information content (AvgIpc) is 2.27. The largest absolute Gasteiger partial charge is 0.486 e. The highest BCUT2D eigenvalue weighted by atomic mass is 35.5. The molecule has 4 nitrogen and oxygen atoms in total. The summed E-state index contributed by atoms with van der Waals surface area (Å²) in [5.74, 6) is 1.41. The van der Waals surface area contributed by atoms with Gasteiger partial charge in [0, 0.05) is 6.54 Å². The molecule has 0 unspecified atom stereocenters. The fraction of sp³-hybridized carbons (Fsp3) is 0.400. The van der Waals surface area contributed by atoms with Gasteiger partial charge >= 0.3 is 0 Å². The smallest absolute Gasteiger partial charge is 0.161 e. The fourth-order valence-corrected chi connectivity index (χ4v) is 1.40. The monoisotopic (exact) mass is 231 g/mol. The molecule has 0 aromatic heterocycles. The summed E-state index contributed by atoms with van der Waals surface area (Å²) in [6, 6.07) is 5.36. The van der Waals surface area contributed by atoms with Gasteiger partial charge in [0.1, 0.15) is 13.2 Å².